The second-order valence-corrected chi connectivity index (χ2v) is 7.69. The fourth-order valence-corrected chi connectivity index (χ4v) is 4.21. The summed E-state index contributed by atoms with van der Waals surface area (Å²) in [6, 6.07) is 9.73. The zero-order chi connectivity index (χ0) is 19.1. The number of aryl methyl sites for hydroxylation is 1. The highest BCUT2D eigenvalue weighted by atomic mass is 32.1. The summed E-state index contributed by atoms with van der Waals surface area (Å²) in [7, 11) is 1.85. The Morgan fingerprint density at radius 1 is 1.15 bits per heavy atom. The number of pyridine rings is 1. The number of guanidine groups is 1. The Morgan fingerprint density at radius 2 is 1.96 bits per heavy atom. The van der Waals surface area contributed by atoms with Gasteiger partial charge in [0.2, 0.25) is 0 Å². The van der Waals surface area contributed by atoms with Gasteiger partial charge in [-0.15, -0.1) is 11.3 Å². The molecule has 1 aliphatic rings. The third kappa shape index (κ3) is 5.13. The normalized spacial score (nSPS) is 15.3. The van der Waals surface area contributed by atoms with Crippen molar-refractivity contribution in [2.75, 3.05) is 44.7 Å². The number of thiophene rings is 1. The topological polar surface area (TPSA) is 52.9 Å². The minimum atomic E-state index is 0.0855. The molecule has 2 aromatic rings. The third-order valence-electron chi connectivity index (χ3n) is 4.97. The molecule has 0 spiro atoms. The van der Waals surface area contributed by atoms with Crippen LogP contribution in [0.3, 0.4) is 0 Å². The van der Waals surface area contributed by atoms with Crippen LogP contribution in [-0.4, -0.2) is 55.2 Å². The van der Waals surface area contributed by atoms with Gasteiger partial charge in [0.15, 0.2) is 5.96 Å². The molecule has 0 amide bonds. The molecule has 1 fully saturated rings. The quantitative estimate of drug-likeness (QED) is 0.470. The molecule has 146 valence electrons. The standard InChI is InChI=1S/C20H29N5OS/c1-17-7-5-8-18(26)25(17)11-4-3-10-22-20(21-2)24-14-12-23(13-15-24)19-9-6-16-27-19/h5-9,16H,3-4,10-15H2,1-2H3,(H,21,22). The monoisotopic (exact) mass is 387 g/mol. The van der Waals surface area contributed by atoms with E-state index >= 15 is 0 Å². The van der Waals surface area contributed by atoms with Gasteiger partial charge in [0, 0.05) is 58.1 Å². The van der Waals surface area contributed by atoms with Gasteiger partial charge in [-0.05, 0) is 43.3 Å². The van der Waals surface area contributed by atoms with Gasteiger partial charge >= 0.3 is 0 Å². The number of hydrogen-bond acceptors (Lipinski definition) is 4. The summed E-state index contributed by atoms with van der Waals surface area (Å²) in [6.07, 6.45) is 1.98. The van der Waals surface area contributed by atoms with Crippen LogP contribution in [0.5, 0.6) is 0 Å². The number of unbranched alkanes of at least 4 members (excludes halogenated alkanes) is 1. The number of rotatable bonds is 6. The molecular weight excluding hydrogens is 358 g/mol. The second-order valence-electron chi connectivity index (χ2n) is 6.76. The Morgan fingerprint density at radius 3 is 2.63 bits per heavy atom. The maximum Gasteiger partial charge on any atom is 0.250 e. The lowest BCUT2D eigenvalue weighted by Gasteiger charge is -2.37. The molecule has 1 N–H and O–H groups in total. The highest BCUT2D eigenvalue weighted by Crippen LogP contribution is 2.22. The van der Waals surface area contributed by atoms with E-state index in [9.17, 15) is 4.79 Å². The van der Waals surface area contributed by atoms with Crippen LogP contribution in [0, 0.1) is 6.92 Å². The number of nitrogens with one attached hydrogen (secondary N) is 1. The van der Waals surface area contributed by atoms with Gasteiger partial charge in [-0.2, -0.15) is 0 Å². The molecule has 0 aliphatic carbocycles. The van der Waals surface area contributed by atoms with Gasteiger partial charge in [0.1, 0.15) is 0 Å². The van der Waals surface area contributed by atoms with Gasteiger partial charge in [-0.3, -0.25) is 9.79 Å². The summed E-state index contributed by atoms with van der Waals surface area (Å²) in [4.78, 5) is 21.1. The fraction of sp³-hybridized carbons (Fsp3) is 0.500. The highest BCUT2D eigenvalue weighted by Gasteiger charge is 2.19. The van der Waals surface area contributed by atoms with E-state index < -0.39 is 0 Å². The summed E-state index contributed by atoms with van der Waals surface area (Å²) in [5.74, 6) is 0.980. The Bertz CT molecular complexity index is 791. The van der Waals surface area contributed by atoms with E-state index in [-0.39, 0.29) is 5.56 Å². The van der Waals surface area contributed by atoms with Gasteiger partial charge in [-0.25, -0.2) is 0 Å². The molecule has 0 radical (unpaired) electrons. The van der Waals surface area contributed by atoms with E-state index in [4.69, 9.17) is 0 Å². The minimum absolute atomic E-state index is 0.0855. The lowest BCUT2D eigenvalue weighted by Crippen LogP contribution is -2.52. The van der Waals surface area contributed by atoms with Crippen LogP contribution in [0.15, 0.2) is 45.5 Å². The summed E-state index contributed by atoms with van der Waals surface area (Å²) >= 11 is 1.80. The van der Waals surface area contributed by atoms with Crippen LogP contribution in [0.25, 0.3) is 0 Å². The first-order valence-corrected chi connectivity index (χ1v) is 10.5. The largest absolute Gasteiger partial charge is 0.360 e. The Kier molecular flexibility index (Phi) is 6.92. The Labute approximate surface area is 165 Å². The van der Waals surface area contributed by atoms with E-state index in [1.54, 1.807) is 17.4 Å². The predicted octanol–water partition coefficient (Wildman–Crippen LogP) is 2.40. The summed E-state index contributed by atoms with van der Waals surface area (Å²) in [6.45, 7) is 7.64. The maximum atomic E-state index is 11.9. The highest BCUT2D eigenvalue weighted by molar-refractivity contribution is 7.14. The lowest BCUT2D eigenvalue weighted by atomic mass is 10.2. The van der Waals surface area contributed by atoms with Crippen molar-refractivity contribution in [1.82, 2.24) is 14.8 Å². The van der Waals surface area contributed by atoms with E-state index in [0.717, 1.165) is 63.8 Å². The van der Waals surface area contributed by atoms with Crippen LogP contribution in [0.4, 0.5) is 5.00 Å². The second kappa shape index (κ2) is 9.60. The van der Waals surface area contributed by atoms with Gasteiger partial charge in [0.05, 0.1) is 5.00 Å². The molecule has 0 atom stereocenters. The molecule has 7 heteroatoms. The molecule has 0 bridgehead atoms. The van der Waals surface area contributed by atoms with Crippen molar-refractivity contribution in [3.63, 3.8) is 0 Å². The van der Waals surface area contributed by atoms with Gasteiger partial charge < -0.3 is 19.7 Å². The number of aliphatic imine (C=N–C) groups is 1. The molecular formula is C20H29N5OS. The average Bonchev–Trinajstić information content (AvgIpc) is 3.22. The van der Waals surface area contributed by atoms with E-state index in [1.165, 1.54) is 5.00 Å². The van der Waals surface area contributed by atoms with Crippen LogP contribution >= 0.6 is 11.3 Å². The first-order valence-electron chi connectivity index (χ1n) is 9.59. The molecule has 1 aliphatic heterocycles. The summed E-state index contributed by atoms with van der Waals surface area (Å²) in [5.41, 5.74) is 1.11. The van der Waals surface area contributed by atoms with Crippen molar-refractivity contribution in [1.29, 1.82) is 0 Å². The van der Waals surface area contributed by atoms with Crippen molar-refractivity contribution in [2.24, 2.45) is 4.99 Å². The first kappa shape index (κ1) is 19.5. The van der Waals surface area contributed by atoms with Crippen LogP contribution < -0.4 is 15.8 Å². The van der Waals surface area contributed by atoms with Crippen molar-refractivity contribution >= 4 is 22.3 Å². The van der Waals surface area contributed by atoms with Gasteiger partial charge in [0.25, 0.3) is 5.56 Å². The number of aromatic nitrogens is 1. The van der Waals surface area contributed by atoms with E-state index in [0.29, 0.717) is 0 Å². The smallest absolute Gasteiger partial charge is 0.250 e. The average molecular weight is 388 g/mol. The Balaban J connectivity index is 1.39. The number of anilines is 1. The summed E-state index contributed by atoms with van der Waals surface area (Å²) in [5, 5.41) is 6.96. The molecule has 0 aromatic carbocycles. The summed E-state index contributed by atoms with van der Waals surface area (Å²) < 4.78 is 1.85. The predicted molar refractivity (Wildman–Crippen MR) is 114 cm³/mol. The zero-order valence-corrected chi connectivity index (χ0v) is 17.0. The van der Waals surface area contributed by atoms with Crippen molar-refractivity contribution in [2.45, 2.75) is 26.3 Å². The maximum absolute atomic E-state index is 11.9. The van der Waals surface area contributed by atoms with Crippen LogP contribution in [0.2, 0.25) is 0 Å². The molecule has 27 heavy (non-hydrogen) atoms. The minimum Gasteiger partial charge on any atom is -0.360 e. The van der Waals surface area contributed by atoms with E-state index in [1.807, 2.05) is 30.7 Å². The number of hydrogen-bond donors (Lipinski definition) is 1. The molecule has 2 aromatic heterocycles. The molecule has 3 heterocycles. The fourth-order valence-electron chi connectivity index (χ4n) is 3.43. The molecule has 6 nitrogen and oxygen atoms in total. The SMILES string of the molecule is CN=C(NCCCCn1c(C)cccc1=O)N1CCN(c2cccs2)CC1. The molecule has 0 saturated carbocycles. The van der Waals surface area contributed by atoms with Crippen LogP contribution in [-0.2, 0) is 6.54 Å². The lowest BCUT2D eigenvalue weighted by molar-refractivity contribution is 0.373. The third-order valence-corrected chi connectivity index (χ3v) is 5.90. The molecule has 3 rings (SSSR count). The number of piperazine rings is 1. The number of nitrogens with zero attached hydrogens (tertiary/aromatic N) is 4. The molecule has 0 unspecified atom stereocenters. The van der Waals surface area contributed by atoms with Gasteiger partial charge in [-0.1, -0.05) is 6.07 Å². The Hall–Kier alpha value is -2.28. The van der Waals surface area contributed by atoms with Crippen molar-refractivity contribution in [3.05, 3.63) is 51.8 Å². The molecule has 1 saturated heterocycles. The van der Waals surface area contributed by atoms with E-state index in [2.05, 4.69) is 37.6 Å². The van der Waals surface area contributed by atoms with Crippen molar-refractivity contribution < 1.29 is 0 Å². The van der Waals surface area contributed by atoms with Crippen molar-refractivity contribution in [3.8, 4) is 0 Å². The first-order chi connectivity index (χ1) is 13.2. The zero-order valence-electron chi connectivity index (χ0n) is 16.2. The van der Waals surface area contributed by atoms with Crippen LogP contribution in [0.1, 0.15) is 18.5 Å².